The second-order valence-electron chi connectivity index (χ2n) is 3.71. The summed E-state index contributed by atoms with van der Waals surface area (Å²) in [5.41, 5.74) is 1.30. The summed E-state index contributed by atoms with van der Waals surface area (Å²) in [7, 11) is 1.72. The molecule has 1 aliphatic carbocycles. The van der Waals surface area contributed by atoms with Gasteiger partial charge in [0.05, 0.1) is 7.11 Å². The molecule has 0 spiro atoms. The SMILES string of the molecule is COC1=C[C@@H](c2ccccc2)C=C[C-]1C. The molecule has 1 aliphatic rings. The number of hydrogen-bond donors (Lipinski definition) is 0. The summed E-state index contributed by atoms with van der Waals surface area (Å²) < 4.78 is 5.33. The van der Waals surface area contributed by atoms with E-state index in [1.165, 1.54) is 11.5 Å². The van der Waals surface area contributed by atoms with Gasteiger partial charge in [-0.1, -0.05) is 48.7 Å². The molecule has 0 aliphatic heterocycles. The van der Waals surface area contributed by atoms with Crippen LogP contribution in [0.25, 0.3) is 0 Å². The van der Waals surface area contributed by atoms with Crippen LogP contribution in [-0.2, 0) is 4.74 Å². The van der Waals surface area contributed by atoms with Crippen LogP contribution in [0, 0.1) is 5.92 Å². The van der Waals surface area contributed by atoms with E-state index in [1.54, 1.807) is 7.11 Å². The van der Waals surface area contributed by atoms with Crippen LogP contribution in [0.4, 0.5) is 0 Å². The molecule has 78 valence electrons. The quantitative estimate of drug-likeness (QED) is 0.663. The lowest BCUT2D eigenvalue weighted by atomic mass is 9.90. The number of rotatable bonds is 2. The van der Waals surface area contributed by atoms with E-state index in [0.29, 0.717) is 5.92 Å². The first-order valence-electron chi connectivity index (χ1n) is 5.14. The minimum Gasteiger partial charge on any atom is -0.522 e. The summed E-state index contributed by atoms with van der Waals surface area (Å²) in [4.78, 5) is 0. The summed E-state index contributed by atoms with van der Waals surface area (Å²) in [6, 6.07) is 10.4. The molecule has 0 amide bonds. The fourth-order valence-corrected chi connectivity index (χ4v) is 1.79. The van der Waals surface area contributed by atoms with E-state index < -0.39 is 0 Å². The molecule has 0 bridgehead atoms. The van der Waals surface area contributed by atoms with Gasteiger partial charge in [-0.2, -0.15) is 12.2 Å². The normalized spacial score (nSPS) is 20.0. The van der Waals surface area contributed by atoms with Gasteiger partial charge < -0.3 is 4.74 Å². The van der Waals surface area contributed by atoms with Crippen molar-refractivity contribution in [3.63, 3.8) is 0 Å². The Kier molecular flexibility index (Phi) is 2.82. The van der Waals surface area contributed by atoms with Crippen LogP contribution >= 0.6 is 0 Å². The van der Waals surface area contributed by atoms with Crippen molar-refractivity contribution in [1.29, 1.82) is 0 Å². The van der Waals surface area contributed by atoms with Crippen LogP contribution < -0.4 is 0 Å². The molecular formula is C14H15O-. The van der Waals surface area contributed by atoms with Gasteiger partial charge in [0.1, 0.15) is 0 Å². The first-order valence-corrected chi connectivity index (χ1v) is 5.14. The third-order valence-electron chi connectivity index (χ3n) is 2.68. The fourth-order valence-electron chi connectivity index (χ4n) is 1.79. The van der Waals surface area contributed by atoms with Crippen molar-refractivity contribution in [2.24, 2.45) is 0 Å². The predicted octanol–water partition coefficient (Wildman–Crippen LogP) is 3.46. The van der Waals surface area contributed by atoms with Gasteiger partial charge in [-0.05, 0) is 0 Å². The third-order valence-corrected chi connectivity index (χ3v) is 2.68. The standard InChI is InChI=1S/C14H15O/c1-11-8-9-13(10-14(11)15-2)12-6-4-3-5-7-12/h3-10,13H,1-2H3/q-1/t13-/m0/s1. The molecule has 0 N–H and O–H groups in total. The lowest BCUT2D eigenvalue weighted by Crippen LogP contribution is -2.05. The Bertz CT molecular complexity index is 376. The number of methoxy groups -OCH3 is 1. The molecule has 0 aromatic heterocycles. The van der Waals surface area contributed by atoms with Crippen molar-refractivity contribution in [3.05, 3.63) is 65.8 Å². The van der Waals surface area contributed by atoms with Crippen molar-refractivity contribution in [3.8, 4) is 0 Å². The van der Waals surface area contributed by atoms with Gasteiger partial charge in [0.15, 0.2) is 0 Å². The van der Waals surface area contributed by atoms with Gasteiger partial charge in [0.2, 0.25) is 0 Å². The molecule has 0 heterocycles. The van der Waals surface area contributed by atoms with E-state index in [1.807, 2.05) is 6.07 Å². The van der Waals surface area contributed by atoms with Crippen LogP contribution in [0.5, 0.6) is 0 Å². The predicted molar refractivity (Wildman–Crippen MR) is 62.3 cm³/mol. The molecule has 2 rings (SSSR count). The highest BCUT2D eigenvalue weighted by molar-refractivity contribution is 5.40. The highest BCUT2D eigenvalue weighted by Gasteiger charge is 2.07. The lowest BCUT2D eigenvalue weighted by Gasteiger charge is -2.28. The molecular weight excluding hydrogens is 184 g/mol. The Labute approximate surface area is 91.1 Å². The van der Waals surface area contributed by atoms with E-state index >= 15 is 0 Å². The summed E-state index contributed by atoms with van der Waals surface area (Å²) in [5, 5.41) is 0. The number of hydrogen-bond acceptors (Lipinski definition) is 1. The van der Waals surface area contributed by atoms with Gasteiger partial charge in [-0.15, -0.1) is 12.0 Å². The third kappa shape index (κ3) is 2.07. The van der Waals surface area contributed by atoms with Gasteiger partial charge in [0, 0.05) is 5.76 Å². The maximum Gasteiger partial charge on any atom is 0.0743 e. The van der Waals surface area contributed by atoms with Crippen LogP contribution in [0.3, 0.4) is 0 Å². The molecule has 0 saturated carbocycles. The minimum atomic E-state index is 0.338. The van der Waals surface area contributed by atoms with Gasteiger partial charge in [-0.3, -0.25) is 0 Å². The Morgan fingerprint density at radius 3 is 2.60 bits per heavy atom. The second kappa shape index (κ2) is 4.26. The minimum absolute atomic E-state index is 0.338. The lowest BCUT2D eigenvalue weighted by molar-refractivity contribution is 0.289. The van der Waals surface area contributed by atoms with Crippen molar-refractivity contribution in [2.75, 3.05) is 7.11 Å². The average molecular weight is 199 g/mol. The van der Waals surface area contributed by atoms with Crippen molar-refractivity contribution in [1.82, 2.24) is 0 Å². The molecule has 1 aromatic carbocycles. The highest BCUT2D eigenvalue weighted by atomic mass is 16.5. The molecule has 0 saturated heterocycles. The molecule has 1 aromatic rings. The molecule has 15 heavy (non-hydrogen) atoms. The summed E-state index contributed by atoms with van der Waals surface area (Å²) in [5.74, 6) is 2.50. The van der Waals surface area contributed by atoms with E-state index in [2.05, 4.69) is 49.4 Å². The molecule has 0 radical (unpaired) electrons. The number of ether oxygens (including phenoxy) is 1. The molecule has 0 fully saturated rings. The summed E-state index contributed by atoms with van der Waals surface area (Å²) >= 11 is 0. The maximum atomic E-state index is 5.33. The van der Waals surface area contributed by atoms with Crippen molar-refractivity contribution < 1.29 is 4.74 Å². The zero-order valence-corrected chi connectivity index (χ0v) is 9.10. The average Bonchev–Trinajstić information content (AvgIpc) is 2.31. The topological polar surface area (TPSA) is 9.23 Å². The molecule has 0 unspecified atom stereocenters. The fraction of sp³-hybridized carbons (Fsp3) is 0.214. The molecule has 1 nitrogen and oxygen atoms in total. The summed E-state index contributed by atoms with van der Waals surface area (Å²) in [6.07, 6.45) is 6.48. The Balaban J connectivity index is 2.26. The van der Waals surface area contributed by atoms with Crippen molar-refractivity contribution >= 4 is 0 Å². The maximum absolute atomic E-state index is 5.33. The number of allylic oxidation sites excluding steroid dienone is 3. The van der Waals surface area contributed by atoms with Crippen LogP contribution in [-0.4, -0.2) is 7.11 Å². The van der Waals surface area contributed by atoms with Crippen molar-refractivity contribution in [2.45, 2.75) is 12.8 Å². The van der Waals surface area contributed by atoms with Crippen LogP contribution in [0.1, 0.15) is 18.4 Å². The Morgan fingerprint density at radius 2 is 1.93 bits per heavy atom. The monoisotopic (exact) mass is 199 g/mol. The second-order valence-corrected chi connectivity index (χ2v) is 3.71. The summed E-state index contributed by atoms with van der Waals surface area (Å²) in [6.45, 7) is 2.06. The van der Waals surface area contributed by atoms with E-state index in [0.717, 1.165) is 5.76 Å². The van der Waals surface area contributed by atoms with E-state index in [9.17, 15) is 0 Å². The van der Waals surface area contributed by atoms with E-state index in [4.69, 9.17) is 4.74 Å². The Hall–Kier alpha value is -1.63. The van der Waals surface area contributed by atoms with Crippen LogP contribution in [0.15, 0.2) is 54.3 Å². The highest BCUT2D eigenvalue weighted by Crippen LogP contribution is 2.29. The van der Waals surface area contributed by atoms with Gasteiger partial charge in [-0.25, -0.2) is 0 Å². The van der Waals surface area contributed by atoms with E-state index in [-0.39, 0.29) is 0 Å². The largest absolute Gasteiger partial charge is 0.522 e. The first-order chi connectivity index (χ1) is 7.31. The van der Waals surface area contributed by atoms with Gasteiger partial charge in [0.25, 0.3) is 0 Å². The van der Waals surface area contributed by atoms with Gasteiger partial charge >= 0.3 is 0 Å². The van der Waals surface area contributed by atoms with Crippen LogP contribution in [0.2, 0.25) is 0 Å². The smallest absolute Gasteiger partial charge is 0.0743 e. The molecule has 1 atom stereocenters. The zero-order chi connectivity index (χ0) is 10.7. The first kappa shape index (κ1) is 9.91. The number of benzene rings is 1. The zero-order valence-electron chi connectivity index (χ0n) is 9.10. The molecule has 1 heteroatoms. The Morgan fingerprint density at radius 1 is 1.20 bits per heavy atom.